The first-order valence-electron chi connectivity index (χ1n) is 4.84. The Labute approximate surface area is 121 Å². The Morgan fingerprint density at radius 3 is 2.53 bits per heavy atom. The summed E-state index contributed by atoms with van der Waals surface area (Å²) in [5.74, 6) is 1.48. The maximum atomic E-state index is 6.34. The van der Waals surface area contributed by atoms with Gasteiger partial charge in [0.1, 0.15) is 16.9 Å². The van der Waals surface area contributed by atoms with E-state index in [0.29, 0.717) is 10.4 Å². The molecule has 5 heteroatoms. The molecule has 90 valence electrons. The van der Waals surface area contributed by atoms with Gasteiger partial charge in [0.05, 0.1) is 11.6 Å². The van der Waals surface area contributed by atoms with Crippen molar-refractivity contribution >= 4 is 43.5 Å². The summed E-state index contributed by atoms with van der Waals surface area (Å²) in [6.07, 6.45) is 0. The van der Waals surface area contributed by atoms with Crippen LogP contribution in [-0.4, -0.2) is 7.11 Å². The van der Waals surface area contributed by atoms with Crippen molar-refractivity contribution in [1.29, 1.82) is 0 Å². The van der Waals surface area contributed by atoms with E-state index < -0.39 is 0 Å². The Hall–Kier alpha value is -0.450. The van der Waals surface area contributed by atoms with Crippen molar-refractivity contribution in [1.82, 2.24) is 0 Å². The number of ether oxygens (including phenoxy) is 1. The van der Waals surface area contributed by atoms with Crippen molar-refractivity contribution in [2.24, 2.45) is 0 Å². The molecule has 0 aliphatic rings. The molecule has 2 rings (SSSR count). The minimum Gasteiger partial charge on any atom is -0.496 e. The van der Waals surface area contributed by atoms with Crippen molar-refractivity contribution in [2.75, 3.05) is 7.11 Å². The van der Waals surface area contributed by atoms with Crippen molar-refractivity contribution < 1.29 is 9.15 Å². The molecule has 0 saturated carbocycles. The second kappa shape index (κ2) is 5.46. The van der Waals surface area contributed by atoms with Gasteiger partial charge in [0, 0.05) is 0 Å². The summed E-state index contributed by atoms with van der Waals surface area (Å²) in [7, 11) is 1.63. The van der Waals surface area contributed by atoms with E-state index in [1.165, 1.54) is 0 Å². The Morgan fingerprint density at radius 2 is 2.00 bits per heavy atom. The molecule has 2 nitrogen and oxygen atoms in total. The van der Waals surface area contributed by atoms with E-state index in [0.717, 1.165) is 15.8 Å². The molecule has 0 spiro atoms. The minimum absolute atomic E-state index is 0.316. The maximum Gasteiger partial charge on any atom is 0.169 e. The molecule has 0 radical (unpaired) electrons. The molecule has 1 aromatic heterocycles. The fraction of sp³-hybridized carbons (Fsp3) is 0.167. The van der Waals surface area contributed by atoms with Crippen LogP contribution in [0, 0.1) is 0 Å². The van der Waals surface area contributed by atoms with Gasteiger partial charge in [0.25, 0.3) is 0 Å². The van der Waals surface area contributed by atoms with E-state index in [1.54, 1.807) is 7.11 Å². The summed E-state index contributed by atoms with van der Waals surface area (Å²) < 4.78 is 12.1. The van der Waals surface area contributed by atoms with Crippen LogP contribution < -0.4 is 4.74 Å². The van der Waals surface area contributed by atoms with Crippen molar-refractivity contribution in [2.45, 2.75) is 5.38 Å². The largest absolute Gasteiger partial charge is 0.496 e. The monoisotopic (exact) mass is 378 g/mol. The fourth-order valence-corrected chi connectivity index (χ4v) is 2.60. The van der Waals surface area contributed by atoms with E-state index in [-0.39, 0.29) is 5.38 Å². The third-order valence-electron chi connectivity index (χ3n) is 2.31. The van der Waals surface area contributed by atoms with Crippen LogP contribution >= 0.6 is 43.5 Å². The molecule has 2 aromatic rings. The topological polar surface area (TPSA) is 22.4 Å². The third-order valence-corrected chi connectivity index (χ3v) is 3.83. The number of hydrogen-bond donors (Lipinski definition) is 0. The van der Waals surface area contributed by atoms with Crippen molar-refractivity contribution in [3.63, 3.8) is 0 Å². The Bertz CT molecular complexity index is 525. The SMILES string of the molecule is COc1ccc(C(Cl)c2ccc(Br)o2)cc1Br. The Kier molecular flexibility index (Phi) is 4.17. The predicted octanol–water partition coefficient (Wildman–Crippen LogP) is 5.14. The van der Waals surface area contributed by atoms with Crippen LogP contribution in [0.4, 0.5) is 0 Å². The standard InChI is InChI=1S/C12H9Br2ClO2/c1-16-9-3-2-7(6-8(9)13)12(15)10-4-5-11(14)17-10/h2-6,12H,1H3. The van der Waals surface area contributed by atoms with Gasteiger partial charge in [0.2, 0.25) is 0 Å². The molecule has 1 atom stereocenters. The molecule has 0 N–H and O–H groups in total. The quantitative estimate of drug-likeness (QED) is 0.688. The van der Waals surface area contributed by atoms with Gasteiger partial charge in [-0.3, -0.25) is 0 Å². The highest BCUT2D eigenvalue weighted by atomic mass is 79.9. The van der Waals surface area contributed by atoms with E-state index >= 15 is 0 Å². The van der Waals surface area contributed by atoms with E-state index in [4.69, 9.17) is 20.8 Å². The number of benzene rings is 1. The zero-order valence-electron chi connectivity index (χ0n) is 8.91. The summed E-state index contributed by atoms with van der Waals surface area (Å²) >= 11 is 13.0. The zero-order valence-corrected chi connectivity index (χ0v) is 12.8. The lowest BCUT2D eigenvalue weighted by Gasteiger charge is -2.09. The van der Waals surface area contributed by atoms with Crippen LogP contribution in [-0.2, 0) is 0 Å². The lowest BCUT2D eigenvalue weighted by atomic mass is 10.1. The van der Waals surface area contributed by atoms with E-state index in [9.17, 15) is 0 Å². The van der Waals surface area contributed by atoms with E-state index in [2.05, 4.69) is 31.9 Å². The normalized spacial score (nSPS) is 12.5. The van der Waals surface area contributed by atoms with Gasteiger partial charge in [-0.2, -0.15) is 0 Å². The summed E-state index contributed by atoms with van der Waals surface area (Å²) in [5, 5.41) is -0.316. The first-order chi connectivity index (χ1) is 8.11. The predicted molar refractivity (Wildman–Crippen MR) is 74.8 cm³/mol. The fourth-order valence-electron chi connectivity index (χ4n) is 1.47. The van der Waals surface area contributed by atoms with Crippen LogP contribution in [0.25, 0.3) is 0 Å². The van der Waals surface area contributed by atoms with Gasteiger partial charge >= 0.3 is 0 Å². The summed E-state index contributed by atoms with van der Waals surface area (Å²) in [4.78, 5) is 0. The lowest BCUT2D eigenvalue weighted by molar-refractivity contribution is 0.412. The molecule has 1 aromatic carbocycles. The Balaban J connectivity index is 2.31. The minimum atomic E-state index is -0.316. The number of methoxy groups -OCH3 is 1. The molecule has 0 fully saturated rings. The first-order valence-corrected chi connectivity index (χ1v) is 6.87. The van der Waals surface area contributed by atoms with Crippen molar-refractivity contribution in [3.05, 3.63) is 50.8 Å². The summed E-state index contributed by atoms with van der Waals surface area (Å²) in [6, 6.07) is 9.38. The van der Waals surface area contributed by atoms with Crippen LogP contribution in [0.5, 0.6) is 5.75 Å². The molecular weight excluding hydrogens is 371 g/mol. The molecular formula is C12H9Br2ClO2. The van der Waals surface area contributed by atoms with Crippen LogP contribution in [0.15, 0.2) is 43.9 Å². The van der Waals surface area contributed by atoms with Gasteiger partial charge < -0.3 is 9.15 Å². The number of furan rings is 1. The highest BCUT2D eigenvalue weighted by Crippen LogP contribution is 2.35. The molecule has 1 unspecified atom stereocenters. The van der Waals surface area contributed by atoms with Gasteiger partial charge in [0.15, 0.2) is 4.67 Å². The van der Waals surface area contributed by atoms with Gasteiger partial charge in [-0.15, -0.1) is 11.6 Å². The third kappa shape index (κ3) is 2.87. The molecule has 0 amide bonds. The van der Waals surface area contributed by atoms with Gasteiger partial charge in [-0.1, -0.05) is 6.07 Å². The highest BCUT2D eigenvalue weighted by Gasteiger charge is 2.16. The molecule has 0 aliphatic carbocycles. The zero-order chi connectivity index (χ0) is 12.4. The lowest BCUT2D eigenvalue weighted by Crippen LogP contribution is -1.92. The number of halogens is 3. The molecule has 0 aliphatic heterocycles. The highest BCUT2D eigenvalue weighted by molar-refractivity contribution is 9.10. The Morgan fingerprint density at radius 1 is 1.24 bits per heavy atom. The number of alkyl halides is 1. The van der Waals surface area contributed by atoms with Crippen LogP contribution in [0.1, 0.15) is 16.7 Å². The first kappa shape index (κ1) is 13.0. The smallest absolute Gasteiger partial charge is 0.169 e. The number of hydrogen-bond acceptors (Lipinski definition) is 2. The maximum absolute atomic E-state index is 6.34. The molecule has 1 heterocycles. The van der Waals surface area contributed by atoms with E-state index in [1.807, 2.05) is 30.3 Å². The average Bonchev–Trinajstić information content (AvgIpc) is 2.75. The number of rotatable bonds is 3. The van der Waals surface area contributed by atoms with Crippen LogP contribution in [0.3, 0.4) is 0 Å². The summed E-state index contributed by atoms with van der Waals surface area (Å²) in [6.45, 7) is 0. The molecule has 17 heavy (non-hydrogen) atoms. The van der Waals surface area contributed by atoms with Gasteiger partial charge in [-0.25, -0.2) is 0 Å². The van der Waals surface area contributed by atoms with Crippen LogP contribution in [0.2, 0.25) is 0 Å². The average molecular weight is 380 g/mol. The second-order valence-electron chi connectivity index (χ2n) is 3.40. The van der Waals surface area contributed by atoms with Gasteiger partial charge in [-0.05, 0) is 61.7 Å². The summed E-state index contributed by atoms with van der Waals surface area (Å²) in [5.41, 5.74) is 0.946. The molecule has 0 bridgehead atoms. The van der Waals surface area contributed by atoms with Crippen molar-refractivity contribution in [3.8, 4) is 5.75 Å². The second-order valence-corrected chi connectivity index (χ2v) is 5.47. The molecule has 0 saturated heterocycles.